The Labute approximate surface area is 185 Å². The maximum Gasteiger partial charge on any atom is 0.246 e. The van der Waals surface area contributed by atoms with E-state index >= 15 is 0 Å². The number of rotatable bonds is 1. The van der Waals surface area contributed by atoms with Crippen LogP contribution in [0.5, 0.6) is 0 Å². The lowest BCUT2D eigenvalue weighted by molar-refractivity contribution is -0.138. The van der Waals surface area contributed by atoms with Gasteiger partial charge in [-0.3, -0.25) is 4.79 Å². The van der Waals surface area contributed by atoms with Crippen molar-refractivity contribution in [1.82, 2.24) is 14.9 Å². The number of imidazole rings is 1. The molecule has 1 aliphatic heterocycles. The second-order valence-corrected chi connectivity index (χ2v) is 11.4. The van der Waals surface area contributed by atoms with Crippen LogP contribution in [0.15, 0.2) is 30.4 Å². The summed E-state index contributed by atoms with van der Waals surface area (Å²) in [7, 11) is 2.01. The number of aromatic amines is 1. The first-order chi connectivity index (χ1) is 14.8. The first kappa shape index (κ1) is 19.6. The molecule has 3 saturated carbocycles. The number of benzene rings is 1. The smallest absolute Gasteiger partial charge is 0.246 e. The summed E-state index contributed by atoms with van der Waals surface area (Å²) in [6.07, 6.45) is 11.7. The predicted octanol–water partition coefficient (Wildman–Crippen LogP) is 5.59. The molecule has 1 N–H and O–H groups in total. The van der Waals surface area contributed by atoms with E-state index in [1.54, 1.807) is 0 Å². The Morgan fingerprint density at radius 3 is 2.77 bits per heavy atom. The highest BCUT2D eigenvalue weighted by molar-refractivity contribution is 5.89. The largest absolute Gasteiger partial charge is 0.342 e. The number of hydrogen-bond donors (Lipinski definition) is 1. The van der Waals surface area contributed by atoms with Gasteiger partial charge in [0.2, 0.25) is 5.91 Å². The molecule has 4 aliphatic rings. The molecule has 0 bridgehead atoms. The maximum atomic E-state index is 12.3. The maximum absolute atomic E-state index is 12.3. The van der Waals surface area contributed by atoms with E-state index in [2.05, 4.69) is 50.0 Å². The lowest BCUT2D eigenvalue weighted by Gasteiger charge is -2.60. The number of nitrogens with one attached hydrogen (secondary N) is 1. The number of fused-ring (bicyclic) bond motifs is 6. The van der Waals surface area contributed by atoms with Crippen molar-refractivity contribution in [1.29, 1.82) is 0 Å². The van der Waals surface area contributed by atoms with E-state index in [0.717, 1.165) is 23.8 Å². The van der Waals surface area contributed by atoms with Gasteiger partial charge < -0.3 is 9.88 Å². The van der Waals surface area contributed by atoms with Gasteiger partial charge in [-0.25, -0.2) is 4.98 Å². The Bertz CT molecular complexity index is 1090. The minimum Gasteiger partial charge on any atom is -0.342 e. The van der Waals surface area contributed by atoms with Gasteiger partial charge in [-0.15, -0.1) is 0 Å². The minimum absolute atomic E-state index is 0.127. The van der Waals surface area contributed by atoms with E-state index in [-0.39, 0.29) is 11.3 Å². The second-order valence-electron chi connectivity index (χ2n) is 11.4. The number of likely N-dealkylation sites (N-methyl/N-ethyl adjacent to an activating group) is 1. The summed E-state index contributed by atoms with van der Waals surface area (Å²) in [6.45, 7) is 7.14. The number of carbonyl (C=O) groups excluding carboxylic acids is 1. The molecule has 0 saturated heterocycles. The number of carbonyl (C=O) groups is 1. The van der Waals surface area contributed by atoms with E-state index in [0.29, 0.717) is 23.3 Å². The van der Waals surface area contributed by atoms with Crippen LogP contribution in [0.4, 0.5) is 0 Å². The molecule has 7 atom stereocenters. The van der Waals surface area contributed by atoms with Crippen LogP contribution in [0.25, 0.3) is 11.0 Å². The summed E-state index contributed by atoms with van der Waals surface area (Å²) in [6, 6.07) is 6.92. The molecule has 3 aliphatic carbocycles. The van der Waals surface area contributed by atoms with Crippen LogP contribution < -0.4 is 0 Å². The Hall–Kier alpha value is -2.10. The van der Waals surface area contributed by atoms with E-state index in [1.807, 2.05) is 18.0 Å². The van der Waals surface area contributed by atoms with E-state index in [4.69, 9.17) is 4.98 Å². The lowest BCUT2D eigenvalue weighted by atomic mass is 9.47. The summed E-state index contributed by atoms with van der Waals surface area (Å²) < 4.78 is 0. The van der Waals surface area contributed by atoms with Gasteiger partial charge in [0.25, 0.3) is 0 Å². The van der Waals surface area contributed by atoms with Gasteiger partial charge in [-0.2, -0.15) is 0 Å². The molecule has 2 aromatic rings. The molecule has 2 heterocycles. The molecule has 1 amide bonds. The summed E-state index contributed by atoms with van der Waals surface area (Å²) in [5.41, 5.74) is 4.03. The average Bonchev–Trinajstić information content (AvgIpc) is 3.30. The lowest BCUT2D eigenvalue weighted by Crippen LogP contribution is -2.59. The standard InChI is InChI=1S/C27H35N3O/c1-16-5-9-21-22(15-16)29-25(28-21)20-8-7-18-17-6-10-23-27(3,14-12-24(31)30(23)4)19(17)11-13-26(18,20)2/h5,9,12,14-15,17-20,23H,6-8,10-11,13H2,1-4H3,(H,28,29)/t17-,18-,19+,20?,23?,26-,27+/m0/s1. The third-order valence-electron chi connectivity index (χ3n) is 10.1. The number of hydrogen-bond acceptors (Lipinski definition) is 2. The van der Waals surface area contributed by atoms with Crippen LogP contribution in [-0.4, -0.2) is 33.9 Å². The average molecular weight is 418 g/mol. The van der Waals surface area contributed by atoms with Gasteiger partial charge in [0.15, 0.2) is 0 Å². The second kappa shape index (κ2) is 6.46. The van der Waals surface area contributed by atoms with Gasteiger partial charge >= 0.3 is 0 Å². The fraction of sp³-hybridized carbons (Fsp3) is 0.630. The third kappa shape index (κ3) is 2.60. The van der Waals surface area contributed by atoms with Gasteiger partial charge in [0, 0.05) is 24.4 Å². The molecule has 4 nitrogen and oxygen atoms in total. The Kier molecular flexibility index (Phi) is 4.08. The van der Waals surface area contributed by atoms with Crippen molar-refractivity contribution in [3.8, 4) is 0 Å². The van der Waals surface area contributed by atoms with Crippen molar-refractivity contribution in [2.45, 2.75) is 71.3 Å². The number of nitrogens with zero attached hydrogens (tertiary/aromatic N) is 2. The SMILES string of the molecule is Cc1ccc2nc(C3CC[C@H]4[C@@H]5CCC6N(C)C(=O)C=C[C@]6(C)[C@@H]5CC[C@]34C)[nH]c2c1. The normalized spacial score (nSPS) is 41.9. The molecule has 31 heavy (non-hydrogen) atoms. The highest BCUT2D eigenvalue weighted by Gasteiger charge is 2.60. The molecule has 3 fully saturated rings. The van der Waals surface area contributed by atoms with E-state index < -0.39 is 0 Å². The minimum atomic E-state index is 0.127. The topological polar surface area (TPSA) is 49.0 Å². The fourth-order valence-corrected chi connectivity index (χ4v) is 8.50. The van der Waals surface area contributed by atoms with Gasteiger partial charge in [0.1, 0.15) is 5.82 Å². The summed E-state index contributed by atoms with van der Waals surface area (Å²) in [5, 5.41) is 0. The van der Waals surface area contributed by atoms with Crippen molar-refractivity contribution in [2.24, 2.45) is 28.6 Å². The molecule has 1 aromatic heterocycles. The van der Waals surface area contributed by atoms with E-state index in [9.17, 15) is 4.79 Å². The molecule has 4 heteroatoms. The summed E-state index contributed by atoms with van der Waals surface area (Å²) in [5.74, 6) is 4.15. The first-order valence-corrected chi connectivity index (χ1v) is 12.2. The van der Waals surface area contributed by atoms with Gasteiger partial charge in [-0.1, -0.05) is 26.0 Å². The summed E-state index contributed by atoms with van der Waals surface area (Å²) >= 11 is 0. The zero-order valence-electron chi connectivity index (χ0n) is 19.3. The van der Waals surface area contributed by atoms with Gasteiger partial charge in [-0.05, 0) is 92.4 Å². The zero-order valence-corrected chi connectivity index (χ0v) is 19.3. The molecule has 164 valence electrons. The van der Waals surface area contributed by atoms with Crippen molar-refractivity contribution in [3.63, 3.8) is 0 Å². The quantitative estimate of drug-likeness (QED) is 0.657. The number of aromatic nitrogens is 2. The van der Waals surface area contributed by atoms with Gasteiger partial charge in [0.05, 0.1) is 11.0 Å². The zero-order chi connectivity index (χ0) is 21.5. The van der Waals surface area contributed by atoms with Crippen LogP contribution >= 0.6 is 0 Å². The van der Waals surface area contributed by atoms with Crippen LogP contribution in [-0.2, 0) is 4.79 Å². The highest BCUT2D eigenvalue weighted by Crippen LogP contribution is 2.67. The summed E-state index contributed by atoms with van der Waals surface area (Å²) in [4.78, 5) is 23.1. The molecule has 0 radical (unpaired) electrons. The number of H-pyrrole nitrogens is 1. The molecule has 0 spiro atoms. The van der Waals surface area contributed by atoms with Crippen LogP contribution in [0.1, 0.15) is 69.7 Å². The third-order valence-corrected chi connectivity index (χ3v) is 10.1. The molecule has 2 unspecified atom stereocenters. The van der Waals surface area contributed by atoms with Crippen molar-refractivity contribution < 1.29 is 4.79 Å². The molecule has 6 rings (SSSR count). The van der Waals surface area contributed by atoms with Crippen molar-refractivity contribution >= 4 is 16.9 Å². The molecular weight excluding hydrogens is 382 g/mol. The Morgan fingerprint density at radius 1 is 1.10 bits per heavy atom. The Morgan fingerprint density at radius 2 is 1.94 bits per heavy atom. The van der Waals surface area contributed by atoms with Crippen LogP contribution in [0.3, 0.4) is 0 Å². The fourth-order valence-electron chi connectivity index (χ4n) is 8.50. The number of aryl methyl sites for hydroxylation is 1. The highest BCUT2D eigenvalue weighted by atomic mass is 16.2. The van der Waals surface area contributed by atoms with Crippen molar-refractivity contribution in [3.05, 3.63) is 41.7 Å². The molecule has 1 aromatic carbocycles. The molecular formula is C27H35N3O. The number of amides is 1. The van der Waals surface area contributed by atoms with Crippen molar-refractivity contribution in [2.75, 3.05) is 7.05 Å². The van der Waals surface area contributed by atoms with Crippen LogP contribution in [0.2, 0.25) is 0 Å². The van der Waals surface area contributed by atoms with Crippen LogP contribution in [0, 0.1) is 35.5 Å². The van der Waals surface area contributed by atoms with E-state index in [1.165, 1.54) is 49.0 Å². The predicted molar refractivity (Wildman–Crippen MR) is 124 cm³/mol. The first-order valence-electron chi connectivity index (χ1n) is 12.2. The monoisotopic (exact) mass is 417 g/mol. The Balaban J connectivity index is 1.33.